The molecule has 2 atom stereocenters. The largest absolute Gasteiger partial charge is 0.374 e. The van der Waals surface area contributed by atoms with Crippen LogP contribution in [0.2, 0.25) is 0 Å². The zero-order valence-electron chi connectivity index (χ0n) is 10.1. The summed E-state index contributed by atoms with van der Waals surface area (Å²) in [6.45, 7) is 6.47. The molecule has 16 heavy (non-hydrogen) atoms. The van der Waals surface area contributed by atoms with Gasteiger partial charge in [0.05, 0.1) is 12.7 Å². The van der Waals surface area contributed by atoms with E-state index in [0.29, 0.717) is 11.8 Å². The van der Waals surface area contributed by atoms with Crippen LogP contribution >= 0.6 is 0 Å². The van der Waals surface area contributed by atoms with E-state index in [-0.39, 0.29) is 6.10 Å². The second-order valence-electron chi connectivity index (χ2n) is 4.85. The fraction of sp³-hybridized carbons (Fsp3) is 0.917. The van der Waals surface area contributed by atoms with Crippen molar-refractivity contribution in [3.63, 3.8) is 0 Å². The fourth-order valence-electron chi connectivity index (χ4n) is 2.61. The third-order valence-electron chi connectivity index (χ3n) is 3.42. The van der Waals surface area contributed by atoms with Gasteiger partial charge in [-0.25, -0.2) is 0 Å². The zero-order chi connectivity index (χ0) is 11.4. The number of nitrogens with one attached hydrogen (secondary N) is 1. The van der Waals surface area contributed by atoms with E-state index < -0.39 is 0 Å². The van der Waals surface area contributed by atoms with Gasteiger partial charge in [0, 0.05) is 32.6 Å². The van der Waals surface area contributed by atoms with E-state index >= 15 is 0 Å². The summed E-state index contributed by atoms with van der Waals surface area (Å²) in [5.41, 5.74) is 0. The number of hydrogen-bond acceptors (Lipinski definition) is 3. The number of hydrogen-bond donors (Lipinski definition) is 1. The molecule has 0 aromatic rings. The summed E-state index contributed by atoms with van der Waals surface area (Å²) < 4.78 is 5.63. The normalized spacial score (nSPS) is 31.1. The van der Waals surface area contributed by atoms with E-state index in [1.807, 2.05) is 4.90 Å². The molecule has 2 heterocycles. The summed E-state index contributed by atoms with van der Waals surface area (Å²) in [7, 11) is 0. The number of likely N-dealkylation sites (tertiary alicyclic amines) is 1. The molecule has 2 saturated heterocycles. The molecule has 0 aromatic carbocycles. The predicted molar refractivity (Wildman–Crippen MR) is 62.2 cm³/mol. The van der Waals surface area contributed by atoms with Crippen LogP contribution in [0.5, 0.6) is 0 Å². The van der Waals surface area contributed by atoms with Gasteiger partial charge < -0.3 is 15.0 Å². The molecule has 1 N–H and O–H groups in total. The molecular weight excluding hydrogens is 204 g/mol. The van der Waals surface area contributed by atoms with E-state index in [1.54, 1.807) is 0 Å². The van der Waals surface area contributed by atoms with Gasteiger partial charge in [0.1, 0.15) is 0 Å². The number of nitrogens with zero attached hydrogens (tertiary/aromatic N) is 1. The minimum atomic E-state index is 0.193. The lowest BCUT2D eigenvalue weighted by atomic mass is 10.0. The Morgan fingerprint density at radius 2 is 2.44 bits per heavy atom. The molecule has 0 bridgehead atoms. The van der Waals surface area contributed by atoms with Crippen LogP contribution in [-0.2, 0) is 9.53 Å². The number of amides is 1. The van der Waals surface area contributed by atoms with Gasteiger partial charge in [0.15, 0.2) is 0 Å². The Hall–Kier alpha value is -0.610. The Bertz CT molecular complexity index is 239. The summed E-state index contributed by atoms with van der Waals surface area (Å²) in [5, 5.41) is 3.30. The van der Waals surface area contributed by atoms with Gasteiger partial charge in [0.25, 0.3) is 0 Å². The van der Waals surface area contributed by atoms with Gasteiger partial charge >= 0.3 is 0 Å². The monoisotopic (exact) mass is 226 g/mol. The Morgan fingerprint density at radius 3 is 3.12 bits per heavy atom. The highest BCUT2D eigenvalue weighted by Crippen LogP contribution is 2.22. The first-order valence-electron chi connectivity index (χ1n) is 6.39. The van der Waals surface area contributed by atoms with Crippen molar-refractivity contribution in [3.05, 3.63) is 0 Å². The molecule has 2 unspecified atom stereocenters. The topological polar surface area (TPSA) is 41.6 Å². The number of carbonyl (C=O) groups is 1. The highest BCUT2D eigenvalue weighted by atomic mass is 16.5. The van der Waals surface area contributed by atoms with Crippen LogP contribution in [0.15, 0.2) is 0 Å². The molecule has 4 heteroatoms. The Labute approximate surface area is 97.3 Å². The molecule has 0 aliphatic carbocycles. The van der Waals surface area contributed by atoms with E-state index in [0.717, 1.165) is 39.2 Å². The second kappa shape index (κ2) is 5.64. The van der Waals surface area contributed by atoms with Crippen molar-refractivity contribution in [2.24, 2.45) is 5.92 Å². The maximum Gasteiger partial charge on any atom is 0.223 e. The fourth-order valence-corrected chi connectivity index (χ4v) is 2.61. The van der Waals surface area contributed by atoms with Crippen molar-refractivity contribution >= 4 is 5.91 Å². The molecule has 92 valence electrons. The maximum absolute atomic E-state index is 11.8. The first-order valence-corrected chi connectivity index (χ1v) is 6.39. The third kappa shape index (κ3) is 2.95. The van der Waals surface area contributed by atoms with E-state index in [2.05, 4.69) is 12.2 Å². The molecule has 0 spiro atoms. The third-order valence-corrected chi connectivity index (χ3v) is 3.42. The minimum Gasteiger partial charge on any atom is -0.374 e. The molecule has 1 amide bonds. The van der Waals surface area contributed by atoms with Gasteiger partial charge in [-0.2, -0.15) is 0 Å². The molecule has 2 aliphatic heterocycles. The summed E-state index contributed by atoms with van der Waals surface area (Å²) >= 11 is 0. The molecular formula is C12H22N2O2. The van der Waals surface area contributed by atoms with Crippen molar-refractivity contribution in [2.75, 3.05) is 32.8 Å². The number of ether oxygens (including phenoxy) is 1. The van der Waals surface area contributed by atoms with Crippen molar-refractivity contribution in [2.45, 2.75) is 32.3 Å². The summed E-state index contributed by atoms with van der Waals surface area (Å²) in [5.74, 6) is 0.890. The Kier molecular flexibility index (Phi) is 4.18. The zero-order valence-corrected chi connectivity index (χ0v) is 10.1. The average Bonchev–Trinajstić information content (AvgIpc) is 2.61. The minimum absolute atomic E-state index is 0.193. The number of rotatable bonds is 4. The Balaban J connectivity index is 1.78. The van der Waals surface area contributed by atoms with Crippen LogP contribution in [0.25, 0.3) is 0 Å². The van der Waals surface area contributed by atoms with Gasteiger partial charge in [-0.15, -0.1) is 0 Å². The maximum atomic E-state index is 11.8. The first-order chi connectivity index (χ1) is 7.79. The van der Waals surface area contributed by atoms with Crippen molar-refractivity contribution in [3.8, 4) is 0 Å². The lowest BCUT2D eigenvalue weighted by molar-refractivity contribution is -0.129. The number of morpholine rings is 1. The van der Waals surface area contributed by atoms with E-state index in [4.69, 9.17) is 4.74 Å². The molecule has 2 aliphatic rings. The quantitative estimate of drug-likeness (QED) is 0.764. The average molecular weight is 226 g/mol. The van der Waals surface area contributed by atoms with Crippen molar-refractivity contribution in [1.82, 2.24) is 10.2 Å². The van der Waals surface area contributed by atoms with Gasteiger partial charge in [-0.1, -0.05) is 13.3 Å². The van der Waals surface area contributed by atoms with Crippen LogP contribution in [-0.4, -0.2) is 49.7 Å². The van der Waals surface area contributed by atoms with Crippen LogP contribution in [0, 0.1) is 5.92 Å². The number of carbonyl (C=O) groups excluding carboxylic acids is 1. The molecule has 0 radical (unpaired) electrons. The van der Waals surface area contributed by atoms with Crippen LogP contribution < -0.4 is 5.32 Å². The van der Waals surface area contributed by atoms with Gasteiger partial charge in [-0.05, 0) is 12.3 Å². The second-order valence-corrected chi connectivity index (χ2v) is 4.85. The van der Waals surface area contributed by atoms with Gasteiger partial charge in [0.2, 0.25) is 5.91 Å². The predicted octanol–water partition coefficient (Wildman–Crippen LogP) is 0.623. The summed E-state index contributed by atoms with van der Waals surface area (Å²) in [6, 6.07) is 0. The first kappa shape index (κ1) is 11.9. The van der Waals surface area contributed by atoms with Crippen LogP contribution in [0.4, 0.5) is 0 Å². The highest BCUT2D eigenvalue weighted by molar-refractivity contribution is 5.78. The molecule has 0 aromatic heterocycles. The lowest BCUT2D eigenvalue weighted by Crippen LogP contribution is -2.45. The van der Waals surface area contributed by atoms with Crippen LogP contribution in [0.3, 0.4) is 0 Å². The standard InChI is InChI=1S/C12H22N2O2/c1-2-3-10-6-12(15)14(8-10)9-11-7-13-4-5-16-11/h10-11,13H,2-9H2,1H3. The molecule has 0 saturated carbocycles. The highest BCUT2D eigenvalue weighted by Gasteiger charge is 2.30. The van der Waals surface area contributed by atoms with Crippen LogP contribution in [0.1, 0.15) is 26.2 Å². The smallest absolute Gasteiger partial charge is 0.223 e. The van der Waals surface area contributed by atoms with Crippen molar-refractivity contribution in [1.29, 1.82) is 0 Å². The van der Waals surface area contributed by atoms with E-state index in [1.165, 1.54) is 12.8 Å². The molecule has 2 fully saturated rings. The van der Waals surface area contributed by atoms with Crippen molar-refractivity contribution < 1.29 is 9.53 Å². The molecule has 2 rings (SSSR count). The summed E-state index contributed by atoms with van der Waals surface area (Å²) in [6.07, 6.45) is 3.28. The Morgan fingerprint density at radius 1 is 1.56 bits per heavy atom. The SMILES string of the molecule is CCCC1CC(=O)N(CC2CNCCO2)C1. The van der Waals surface area contributed by atoms with E-state index in [9.17, 15) is 4.79 Å². The summed E-state index contributed by atoms with van der Waals surface area (Å²) in [4.78, 5) is 13.8. The molecule has 4 nitrogen and oxygen atoms in total. The lowest BCUT2D eigenvalue weighted by Gasteiger charge is -2.28. The van der Waals surface area contributed by atoms with Gasteiger partial charge in [-0.3, -0.25) is 4.79 Å².